The van der Waals surface area contributed by atoms with Crippen molar-refractivity contribution in [2.45, 2.75) is 6.04 Å². The summed E-state index contributed by atoms with van der Waals surface area (Å²) < 4.78 is 32.0. The third kappa shape index (κ3) is 2.72. The maximum Gasteiger partial charge on any atom is 0.408 e. The highest BCUT2D eigenvalue weighted by Gasteiger charge is 2.43. The van der Waals surface area contributed by atoms with E-state index >= 15 is 0 Å². The molecule has 1 unspecified atom stereocenters. The van der Waals surface area contributed by atoms with Gasteiger partial charge in [0.1, 0.15) is 23.3 Å². The number of nitrogens with zero attached hydrogens (tertiary/aromatic N) is 1. The summed E-state index contributed by atoms with van der Waals surface area (Å²) in [5.74, 6) is -4.54. The zero-order chi connectivity index (χ0) is 16.4. The van der Waals surface area contributed by atoms with E-state index in [0.29, 0.717) is 0 Å². The van der Waals surface area contributed by atoms with Crippen LogP contribution in [-0.2, 0) is 9.53 Å². The van der Waals surface area contributed by atoms with E-state index in [1.807, 2.05) is 0 Å². The van der Waals surface area contributed by atoms with Gasteiger partial charge in [-0.2, -0.15) is 0 Å². The van der Waals surface area contributed by atoms with Gasteiger partial charge in [0.25, 0.3) is 0 Å². The number of aliphatic hydroxyl groups is 1. The number of carbonyl (C=O) groups is 2. The highest BCUT2D eigenvalue weighted by atomic mass is 19.1. The molecule has 1 aromatic rings. The first-order valence-electron chi connectivity index (χ1n) is 6.28. The minimum absolute atomic E-state index is 0.269. The molecule has 2 rings (SSSR count). The van der Waals surface area contributed by atoms with Crippen LogP contribution in [0.3, 0.4) is 0 Å². The van der Waals surface area contributed by atoms with Gasteiger partial charge in [-0.1, -0.05) is 0 Å². The number of amides is 1. The van der Waals surface area contributed by atoms with Crippen LogP contribution in [0.15, 0.2) is 30.0 Å². The standard InChI is InChI=1S/C14H13F2NO5/c1-22-13(19)11-10(18)4-5-17(14(20)21)12(11)8-6-7(15)2-3-9(8)16/h2-4,6,11-12,18H,5H2,1H3,(H,20,21)/t11?,12-/m1/s1. The topological polar surface area (TPSA) is 87.1 Å². The maximum atomic E-state index is 14.0. The molecular formula is C14H13F2NO5. The third-order valence-electron chi connectivity index (χ3n) is 3.44. The Labute approximate surface area is 124 Å². The first-order valence-corrected chi connectivity index (χ1v) is 6.28. The van der Waals surface area contributed by atoms with E-state index in [0.717, 1.165) is 36.3 Å². The molecule has 2 atom stereocenters. The highest BCUT2D eigenvalue weighted by molar-refractivity contribution is 5.78. The molecule has 0 saturated heterocycles. The Kier molecular flexibility index (Phi) is 4.30. The zero-order valence-electron chi connectivity index (χ0n) is 11.5. The molecule has 6 nitrogen and oxygen atoms in total. The number of methoxy groups -OCH3 is 1. The lowest BCUT2D eigenvalue weighted by Gasteiger charge is -2.36. The molecule has 0 bridgehead atoms. The Hall–Kier alpha value is -2.64. The maximum absolute atomic E-state index is 14.0. The van der Waals surface area contributed by atoms with Crippen molar-refractivity contribution in [3.05, 3.63) is 47.2 Å². The van der Waals surface area contributed by atoms with Crippen LogP contribution in [0.25, 0.3) is 0 Å². The predicted molar refractivity (Wildman–Crippen MR) is 70.0 cm³/mol. The number of benzene rings is 1. The van der Waals surface area contributed by atoms with Crippen molar-refractivity contribution in [1.82, 2.24) is 4.90 Å². The molecule has 0 aromatic heterocycles. The number of halogens is 2. The van der Waals surface area contributed by atoms with Gasteiger partial charge in [0, 0.05) is 12.1 Å². The van der Waals surface area contributed by atoms with Crippen molar-refractivity contribution in [3.63, 3.8) is 0 Å². The fourth-order valence-corrected chi connectivity index (χ4v) is 2.44. The number of ether oxygens (including phenoxy) is 1. The van der Waals surface area contributed by atoms with Crippen LogP contribution in [0.2, 0.25) is 0 Å². The van der Waals surface area contributed by atoms with E-state index in [4.69, 9.17) is 0 Å². The van der Waals surface area contributed by atoms with Gasteiger partial charge >= 0.3 is 12.1 Å². The van der Waals surface area contributed by atoms with Gasteiger partial charge in [-0.3, -0.25) is 9.69 Å². The summed E-state index contributed by atoms with van der Waals surface area (Å²) in [4.78, 5) is 23.9. The van der Waals surface area contributed by atoms with Crippen LogP contribution in [0, 0.1) is 17.6 Å². The largest absolute Gasteiger partial charge is 0.512 e. The summed E-state index contributed by atoms with van der Waals surface area (Å²) in [6.07, 6.45) is -0.324. The van der Waals surface area contributed by atoms with E-state index in [-0.39, 0.29) is 12.1 Å². The molecule has 1 aromatic carbocycles. The molecular weight excluding hydrogens is 300 g/mol. The first-order chi connectivity index (χ1) is 10.4. The second-order valence-electron chi connectivity index (χ2n) is 4.68. The van der Waals surface area contributed by atoms with E-state index < -0.39 is 41.4 Å². The Balaban J connectivity index is 2.61. The van der Waals surface area contributed by atoms with Gasteiger partial charge in [-0.05, 0) is 24.3 Å². The lowest BCUT2D eigenvalue weighted by Crippen LogP contribution is -2.45. The smallest absolute Gasteiger partial charge is 0.408 e. The molecule has 1 aliphatic heterocycles. The summed E-state index contributed by atoms with van der Waals surface area (Å²) in [5.41, 5.74) is -0.350. The van der Waals surface area contributed by atoms with Gasteiger partial charge in [-0.15, -0.1) is 0 Å². The fourth-order valence-electron chi connectivity index (χ4n) is 2.44. The molecule has 1 amide bonds. The van der Waals surface area contributed by atoms with Crippen molar-refractivity contribution in [3.8, 4) is 0 Å². The van der Waals surface area contributed by atoms with Gasteiger partial charge in [0.2, 0.25) is 0 Å². The number of carbonyl (C=O) groups excluding carboxylic acids is 1. The second kappa shape index (κ2) is 6.00. The van der Waals surface area contributed by atoms with Gasteiger partial charge in [-0.25, -0.2) is 13.6 Å². The lowest BCUT2D eigenvalue weighted by molar-refractivity contribution is -0.147. The number of carboxylic acid groups (broad SMARTS) is 1. The number of hydrogen-bond donors (Lipinski definition) is 2. The van der Waals surface area contributed by atoms with Gasteiger partial charge in [0.05, 0.1) is 13.2 Å². The Morgan fingerprint density at radius 1 is 1.36 bits per heavy atom. The number of rotatable bonds is 2. The van der Waals surface area contributed by atoms with E-state index in [2.05, 4.69) is 4.74 Å². The molecule has 0 aliphatic carbocycles. The monoisotopic (exact) mass is 313 g/mol. The fraction of sp³-hybridized carbons (Fsp3) is 0.286. The quantitative estimate of drug-likeness (QED) is 0.818. The first kappa shape index (κ1) is 15.7. The summed E-state index contributed by atoms with van der Waals surface area (Å²) in [6.45, 7) is -0.269. The van der Waals surface area contributed by atoms with Crippen molar-refractivity contribution < 1.29 is 33.3 Å². The van der Waals surface area contributed by atoms with Crippen LogP contribution in [0.1, 0.15) is 11.6 Å². The number of esters is 1. The molecule has 0 radical (unpaired) electrons. The lowest BCUT2D eigenvalue weighted by atomic mass is 9.87. The molecule has 22 heavy (non-hydrogen) atoms. The van der Waals surface area contributed by atoms with Crippen molar-refractivity contribution in [2.24, 2.45) is 5.92 Å². The van der Waals surface area contributed by atoms with Gasteiger partial charge in [0.15, 0.2) is 0 Å². The van der Waals surface area contributed by atoms with Crippen LogP contribution < -0.4 is 0 Å². The predicted octanol–water partition coefficient (Wildman–Crippen LogP) is 2.23. The molecule has 0 fully saturated rings. The van der Waals surface area contributed by atoms with Crippen molar-refractivity contribution >= 4 is 12.1 Å². The van der Waals surface area contributed by atoms with E-state index in [1.165, 1.54) is 0 Å². The summed E-state index contributed by atoms with van der Waals surface area (Å²) >= 11 is 0. The van der Waals surface area contributed by atoms with E-state index in [1.54, 1.807) is 0 Å². The zero-order valence-corrected chi connectivity index (χ0v) is 11.5. The Bertz CT molecular complexity index is 646. The van der Waals surface area contributed by atoms with Crippen LogP contribution in [0.5, 0.6) is 0 Å². The molecule has 2 N–H and O–H groups in total. The number of hydrogen-bond acceptors (Lipinski definition) is 4. The normalized spacial score (nSPS) is 21.2. The third-order valence-corrected chi connectivity index (χ3v) is 3.44. The Morgan fingerprint density at radius 3 is 2.64 bits per heavy atom. The highest BCUT2D eigenvalue weighted by Crippen LogP contribution is 2.38. The molecule has 1 heterocycles. The minimum atomic E-state index is -1.47. The van der Waals surface area contributed by atoms with E-state index in [9.17, 15) is 28.6 Å². The SMILES string of the molecule is COC(=O)C1C(O)=CCN(C(=O)O)[C@@H]1c1cc(F)ccc1F. The molecule has 8 heteroatoms. The van der Waals surface area contributed by atoms with Crippen molar-refractivity contribution in [2.75, 3.05) is 13.7 Å². The van der Waals surface area contributed by atoms with Crippen LogP contribution >= 0.6 is 0 Å². The number of aliphatic hydroxyl groups excluding tert-OH is 1. The average molecular weight is 313 g/mol. The van der Waals surface area contributed by atoms with Crippen LogP contribution in [0.4, 0.5) is 13.6 Å². The average Bonchev–Trinajstić information content (AvgIpc) is 2.48. The van der Waals surface area contributed by atoms with Crippen molar-refractivity contribution in [1.29, 1.82) is 0 Å². The van der Waals surface area contributed by atoms with Gasteiger partial charge < -0.3 is 14.9 Å². The summed E-state index contributed by atoms with van der Waals surface area (Å²) in [7, 11) is 1.05. The minimum Gasteiger partial charge on any atom is -0.512 e. The molecule has 1 aliphatic rings. The summed E-state index contributed by atoms with van der Waals surface area (Å²) in [5, 5.41) is 19.1. The molecule has 118 valence electrons. The summed E-state index contributed by atoms with van der Waals surface area (Å²) in [6, 6.07) is 1.07. The molecule has 0 saturated carbocycles. The molecule has 0 spiro atoms. The Morgan fingerprint density at radius 2 is 2.05 bits per heavy atom. The second-order valence-corrected chi connectivity index (χ2v) is 4.68. The van der Waals surface area contributed by atoms with Crippen LogP contribution in [-0.4, -0.2) is 40.8 Å².